The second-order valence-electron chi connectivity index (χ2n) is 13.7. The second kappa shape index (κ2) is 20.5. The number of carbonyl (C=O) groups excluding carboxylic acids is 5. The van der Waals surface area contributed by atoms with Gasteiger partial charge in [-0.25, -0.2) is 0 Å². The number of rotatable bonds is 20. The third kappa shape index (κ3) is 10.8. The number of nitrogens with one attached hydrogen (secondary N) is 3. The number of benzene rings is 4. The standard InChI is InChI=1S/C44H45ClN4O10/c45-20-18-34(28-4-10-31(50)11-5-28)40(29-6-12-32(51)13-7-29)30-8-14-33(15-9-30)59-25-22-47-38(52)19-23-57-26-27-58-24-21-46-36-3-1-2-35-41(36)44(56)49(43(35)55)37-16-17-39(53)48-42(37)54/h1-15,37,46,50-51H,16-27H2,(H,47,52)(H,48,53,54). The van der Waals surface area contributed by atoms with E-state index in [1.54, 1.807) is 36.4 Å². The molecule has 0 bridgehead atoms. The van der Waals surface area contributed by atoms with Gasteiger partial charge in [0.25, 0.3) is 11.8 Å². The van der Waals surface area contributed by atoms with E-state index in [1.165, 1.54) is 6.07 Å². The lowest BCUT2D eigenvalue weighted by molar-refractivity contribution is -0.136. The van der Waals surface area contributed by atoms with Crippen LogP contribution in [0.2, 0.25) is 0 Å². The third-order valence-corrected chi connectivity index (χ3v) is 9.92. The van der Waals surface area contributed by atoms with E-state index >= 15 is 0 Å². The van der Waals surface area contributed by atoms with Gasteiger partial charge in [0.15, 0.2) is 0 Å². The molecule has 1 atom stereocenters. The largest absolute Gasteiger partial charge is 0.508 e. The van der Waals surface area contributed by atoms with E-state index in [-0.39, 0.29) is 80.8 Å². The van der Waals surface area contributed by atoms with Crippen LogP contribution in [0, 0.1) is 0 Å². The summed E-state index contributed by atoms with van der Waals surface area (Å²) < 4.78 is 17.0. The summed E-state index contributed by atoms with van der Waals surface area (Å²) in [5.74, 6) is -1.10. The summed E-state index contributed by atoms with van der Waals surface area (Å²) in [6.07, 6.45) is 0.862. The van der Waals surface area contributed by atoms with E-state index in [4.69, 9.17) is 25.8 Å². The fraction of sp³-hybridized carbons (Fsp3) is 0.295. The van der Waals surface area contributed by atoms with Gasteiger partial charge in [-0.1, -0.05) is 42.5 Å². The van der Waals surface area contributed by atoms with Gasteiger partial charge < -0.3 is 35.1 Å². The minimum atomic E-state index is -1.04. The van der Waals surface area contributed by atoms with Crippen LogP contribution in [0.1, 0.15) is 63.1 Å². The molecule has 2 aliphatic rings. The van der Waals surface area contributed by atoms with E-state index in [0.29, 0.717) is 36.8 Å². The van der Waals surface area contributed by atoms with E-state index < -0.39 is 29.7 Å². The number of alkyl halides is 1. The van der Waals surface area contributed by atoms with E-state index in [9.17, 15) is 34.2 Å². The lowest BCUT2D eigenvalue weighted by Crippen LogP contribution is -2.54. The highest BCUT2D eigenvalue weighted by atomic mass is 35.5. The van der Waals surface area contributed by atoms with Gasteiger partial charge in [-0.2, -0.15) is 0 Å². The smallest absolute Gasteiger partial charge is 0.264 e. The summed E-state index contributed by atoms with van der Waals surface area (Å²) in [4.78, 5) is 63.4. The van der Waals surface area contributed by atoms with Crippen LogP contribution in [0.15, 0.2) is 91.0 Å². The molecule has 5 amide bonds. The number of allylic oxidation sites excluding steroid dienone is 1. The number of piperidine rings is 1. The molecule has 2 aliphatic heterocycles. The van der Waals surface area contributed by atoms with E-state index in [0.717, 1.165) is 32.7 Å². The molecule has 2 heterocycles. The van der Waals surface area contributed by atoms with Gasteiger partial charge in [0.05, 0.1) is 44.1 Å². The number of hydrogen-bond donors (Lipinski definition) is 5. The minimum Gasteiger partial charge on any atom is -0.508 e. The monoisotopic (exact) mass is 824 g/mol. The number of phenols is 2. The minimum absolute atomic E-state index is 0.0458. The van der Waals surface area contributed by atoms with Crippen molar-refractivity contribution in [1.82, 2.24) is 15.5 Å². The van der Waals surface area contributed by atoms with Gasteiger partial charge in [0, 0.05) is 31.0 Å². The number of hydrogen-bond acceptors (Lipinski definition) is 11. The molecule has 1 unspecified atom stereocenters. The molecule has 0 saturated carbocycles. The summed E-state index contributed by atoms with van der Waals surface area (Å²) in [5.41, 5.74) is 5.47. The van der Waals surface area contributed by atoms with Crippen LogP contribution in [-0.2, 0) is 23.9 Å². The molecule has 4 aromatic rings. The van der Waals surface area contributed by atoms with Gasteiger partial charge in [0.1, 0.15) is 29.9 Å². The number of imide groups is 2. The molecule has 1 fully saturated rings. The number of nitrogens with zero attached hydrogens (tertiary/aromatic N) is 1. The molecule has 6 rings (SSSR count). The summed E-state index contributed by atoms with van der Waals surface area (Å²) in [6.45, 7) is 1.93. The topological polar surface area (TPSA) is 193 Å². The Kier molecular flexibility index (Phi) is 14.7. The zero-order chi connectivity index (χ0) is 41.7. The first-order chi connectivity index (χ1) is 28.6. The maximum atomic E-state index is 13.2. The first kappa shape index (κ1) is 42.4. The fourth-order valence-corrected chi connectivity index (χ4v) is 7.08. The van der Waals surface area contributed by atoms with Crippen molar-refractivity contribution < 1.29 is 48.4 Å². The van der Waals surface area contributed by atoms with Crippen molar-refractivity contribution >= 4 is 58.0 Å². The Hall–Kier alpha value is -6.22. The van der Waals surface area contributed by atoms with Crippen LogP contribution in [0.5, 0.6) is 17.2 Å². The van der Waals surface area contributed by atoms with Crippen LogP contribution in [0.25, 0.3) is 11.1 Å². The Balaban J connectivity index is 0.875. The molecule has 0 spiro atoms. The van der Waals surface area contributed by atoms with E-state index in [2.05, 4.69) is 16.0 Å². The molecule has 14 nitrogen and oxygen atoms in total. The maximum absolute atomic E-state index is 13.2. The van der Waals surface area contributed by atoms with Gasteiger partial charge in [-0.05, 0) is 89.2 Å². The number of aromatic hydroxyl groups is 2. The molecular formula is C44H45ClN4O10. The molecule has 0 radical (unpaired) electrons. The molecule has 15 heteroatoms. The lowest BCUT2D eigenvalue weighted by atomic mass is 9.88. The zero-order valence-corrected chi connectivity index (χ0v) is 33.0. The molecule has 5 N–H and O–H groups in total. The Morgan fingerprint density at radius 3 is 2.05 bits per heavy atom. The Labute approximate surface area is 346 Å². The summed E-state index contributed by atoms with van der Waals surface area (Å²) >= 11 is 6.25. The SMILES string of the molecule is O=C(CCOCCOCCNc1cccc2c1C(=O)N(C1CCC(=O)NC1=O)C2=O)NCCOc1ccc(C(=C(CCCl)c2ccc(O)cc2)c2ccc(O)cc2)cc1. The van der Waals surface area contributed by atoms with Crippen molar-refractivity contribution in [2.45, 2.75) is 31.7 Å². The highest BCUT2D eigenvalue weighted by Crippen LogP contribution is 2.37. The average molecular weight is 825 g/mol. The Morgan fingerprint density at radius 1 is 0.746 bits per heavy atom. The number of phenolic OH excluding ortho intramolecular Hbond substituents is 2. The van der Waals surface area contributed by atoms with Crippen LogP contribution in [0.3, 0.4) is 0 Å². The first-order valence-corrected chi connectivity index (χ1v) is 19.8. The second-order valence-corrected chi connectivity index (χ2v) is 14.1. The molecule has 0 aromatic heterocycles. The normalized spacial score (nSPS) is 15.4. The molecular weight excluding hydrogens is 780 g/mol. The molecule has 1 saturated heterocycles. The Bertz CT molecular complexity index is 2180. The maximum Gasteiger partial charge on any atom is 0.264 e. The fourth-order valence-electron chi connectivity index (χ4n) is 6.89. The summed E-state index contributed by atoms with van der Waals surface area (Å²) in [5, 5.41) is 27.9. The quantitative estimate of drug-likeness (QED) is 0.0344. The highest BCUT2D eigenvalue weighted by Gasteiger charge is 2.45. The van der Waals surface area contributed by atoms with Crippen molar-refractivity contribution in [3.05, 3.63) is 119 Å². The van der Waals surface area contributed by atoms with Crippen molar-refractivity contribution in [3.8, 4) is 17.2 Å². The van der Waals surface area contributed by atoms with Crippen LogP contribution >= 0.6 is 11.6 Å². The first-order valence-electron chi connectivity index (χ1n) is 19.3. The number of fused-ring (bicyclic) bond motifs is 1. The van der Waals surface area contributed by atoms with Crippen molar-refractivity contribution in [2.75, 3.05) is 57.3 Å². The molecule has 308 valence electrons. The zero-order valence-electron chi connectivity index (χ0n) is 32.2. The van der Waals surface area contributed by atoms with Gasteiger partial charge in [-0.3, -0.25) is 34.2 Å². The van der Waals surface area contributed by atoms with Crippen molar-refractivity contribution in [2.24, 2.45) is 0 Å². The number of ether oxygens (including phenoxy) is 3. The van der Waals surface area contributed by atoms with Crippen molar-refractivity contribution in [1.29, 1.82) is 0 Å². The van der Waals surface area contributed by atoms with Gasteiger partial charge in [0.2, 0.25) is 17.7 Å². The number of halogens is 1. The summed E-state index contributed by atoms with van der Waals surface area (Å²) in [6, 6.07) is 25.4. The third-order valence-electron chi connectivity index (χ3n) is 9.73. The van der Waals surface area contributed by atoms with Crippen LogP contribution in [-0.4, -0.2) is 103 Å². The number of carbonyl (C=O) groups is 5. The summed E-state index contributed by atoms with van der Waals surface area (Å²) in [7, 11) is 0. The van der Waals surface area contributed by atoms with Crippen molar-refractivity contribution in [3.63, 3.8) is 0 Å². The predicted octanol–water partition coefficient (Wildman–Crippen LogP) is 5.12. The molecule has 59 heavy (non-hydrogen) atoms. The van der Waals surface area contributed by atoms with Crippen LogP contribution in [0.4, 0.5) is 5.69 Å². The number of anilines is 1. The van der Waals surface area contributed by atoms with Crippen LogP contribution < -0.4 is 20.7 Å². The molecule has 0 aliphatic carbocycles. The lowest BCUT2D eigenvalue weighted by Gasteiger charge is -2.27. The van der Waals surface area contributed by atoms with Gasteiger partial charge in [-0.15, -0.1) is 11.6 Å². The number of amides is 5. The molecule has 4 aromatic carbocycles. The predicted molar refractivity (Wildman–Crippen MR) is 220 cm³/mol. The average Bonchev–Trinajstić information content (AvgIpc) is 3.49. The van der Waals surface area contributed by atoms with E-state index in [1.807, 2.05) is 48.5 Å². The Morgan fingerprint density at radius 2 is 1.39 bits per heavy atom. The highest BCUT2D eigenvalue weighted by molar-refractivity contribution is 6.25. The van der Waals surface area contributed by atoms with Gasteiger partial charge >= 0.3 is 0 Å².